The average Bonchev–Trinajstić information content (AvgIpc) is 3.56. The number of ether oxygens (including phenoxy) is 3. The third-order valence-corrected chi connectivity index (χ3v) is 5.85. The third kappa shape index (κ3) is 4.26. The molecule has 1 fully saturated rings. The molecule has 0 bridgehead atoms. The highest BCUT2D eigenvalue weighted by Gasteiger charge is 2.45. The highest BCUT2D eigenvalue weighted by Crippen LogP contribution is 2.38. The summed E-state index contributed by atoms with van der Waals surface area (Å²) in [7, 11) is 0. The predicted octanol–water partition coefficient (Wildman–Crippen LogP) is 2.73. The highest BCUT2D eigenvalue weighted by molar-refractivity contribution is 7.10. The molecular weight excluding hydrogens is 416 g/mol. The minimum Gasteiger partial charge on any atom is -0.491 e. The Balaban J connectivity index is 1.24. The van der Waals surface area contributed by atoms with E-state index in [0.29, 0.717) is 19.8 Å². The maximum Gasteiger partial charge on any atom is 0.225 e. The van der Waals surface area contributed by atoms with Crippen LogP contribution in [0.4, 0.5) is 5.95 Å². The van der Waals surface area contributed by atoms with Crippen LogP contribution in [-0.4, -0.2) is 44.1 Å². The van der Waals surface area contributed by atoms with Gasteiger partial charge in [-0.15, -0.1) is 11.3 Å². The summed E-state index contributed by atoms with van der Waals surface area (Å²) in [6.45, 7) is 1.20. The molecule has 0 spiro atoms. The summed E-state index contributed by atoms with van der Waals surface area (Å²) in [5, 5.41) is 6.20. The van der Waals surface area contributed by atoms with Gasteiger partial charge in [-0.3, -0.25) is 0 Å². The average molecular weight is 436 g/mol. The zero-order valence-electron chi connectivity index (χ0n) is 16.5. The van der Waals surface area contributed by atoms with Crippen LogP contribution in [0.1, 0.15) is 4.88 Å². The van der Waals surface area contributed by atoms with Crippen molar-refractivity contribution in [3.63, 3.8) is 0 Å². The van der Waals surface area contributed by atoms with E-state index >= 15 is 0 Å². The molecular formula is C21H20N6O3S. The molecule has 1 aliphatic rings. The summed E-state index contributed by atoms with van der Waals surface area (Å²) < 4.78 is 20.1. The van der Waals surface area contributed by atoms with Crippen molar-refractivity contribution in [2.24, 2.45) is 0 Å². The number of nitrogens with zero attached hydrogens (tertiary/aromatic N) is 5. The molecule has 2 N–H and O–H groups in total. The van der Waals surface area contributed by atoms with Crippen molar-refractivity contribution in [2.75, 3.05) is 18.9 Å². The van der Waals surface area contributed by atoms with Gasteiger partial charge in [0, 0.05) is 11.8 Å². The molecule has 2 atom stereocenters. The number of anilines is 1. The van der Waals surface area contributed by atoms with Crippen LogP contribution < -0.4 is 10.5 Å². The molecule has 0 amide bonds. The minimum absolute atomic E-state index is 0.216. The molecule has 3 aromatic heterocycles. The Morgan fingerprint density at radius 3 is 2.87 bits per heavy atom. The molecule has 0 radical (unpaired) electrons. The van der Waals surface area contributed by atoms with E-state index < -0.39 is 5.79 Å². The monoisotopic (exact) mass is 436 g/mol. The van der Waals surface area contributed by atoms with Crippen molar-refractivity contribution in [3.05, 3.63) is 71.6 Å². The lowest BCUT2D eigenvalue weighted by Crippen LogP contribution is -2.33. The van der Waals surface area contributed by atoms with Gasteiger partial charge in [0.05, 0.1) is 17.2 Å². The summed E-state index contributed by atoms with van der Waals surface area (Å²) in [6.07, 6.45) is 4.57. The number of nitrogens with two attached hydrogens (primary N) is 1. The van der Waals surface area contributed by atoms with Crippen LogP contribution in [0.5, 0.6) is 5.75 Å². The fourth-order valence-electron chi connectivity index (χ4n) is 3.41. The number of benzene rings is 1. The first-order valence-corrected chi connectivity index (χ1v) is 10.6. The van der Waals surface area contributed by atoms with Crippen molar-refractivity contribution in [1.29, 1.82) is 0 Å². The van der Waals surface area contributed by atoms with Gasteiger partial charge in [0.25, 0.3) is 0 Å². The van der Waals surface area contributed by atoms with E-state index in [2.05, 4.69) is 20.1 Å². The SMILES string of the molecule is Nc1nccc(-c2ccc(OCC3COC(Cn4cncn4)(c4cccs4)O3)cc2)n1. The quantitative estimate of drug-likeness (QED) is 0.471. The van der Waals surface area contributed by atoms with Gasteiger partial charge in [0.1, 0.15) is 37.7 Å². The van der Waals surface area contributed by atoms with Gasteiger partial charge in [0.15, 0.2) is 0 Å². The van der Waals surface area contributed by atoms with E-state index in [1.807, 2.05) is 47.8 Å². The Morgan fingerprint density at radius 2 is 2.13 bits per heavy atom. The summed E-state index contributed by atoms with van der Waals surface area (Å²) >= 11 is 1.59. The van der Waals surface area contributed by atoms with Crippen molar-refractivity contribution in [2.45, 2.75) is 18.4 Å². The molecule has 4 heterocycles. The van der Waals surface area contributed by atoms with Gasteiger partial charge in [-0.1, -0.05) is 6.07 Å². The molecule has 158 valence electrons. The number of rotatable bonds is 7. The zero-order chi connectivity index (χ0) is 21.1. The Bertz CT molecular complexity index is 1120. The molecule has 2 unspecified atom stereocenters. The van der Waals surface area contributed by atoms with Gasteiger partial charge in [0.2, 0.25) is 11.7 Å². The van der Waals surface area contributed by atoms with E-state index in [1.165, 1.54) is 6.33 Å². The molecule has 31 heavy (non-hydrogen) atoms. The van der Waals surface area contributed by atoms with E-state index in [9.17, 15) is 0 Å². The molecule has 1 aromatic carbocycles. The van der Waals surface area contributed by atoms with Crippen molar-refractivity contribution in [3.8, 4) is 17.0 Å². The standard InChI is InChI=1S/C21H20N6O3S/c22-20-24-8-7-18(26-20)15-3-5-16(6-4-15)28-10-17-11-29-21(30-17,19-2-1-9-31-19)12-27-14-23-13-25-27/h1-9,13-14,17H,10-12H2,(H2,22,24,26). The third-order valence-electron chi connectivity index (χ3n) is 4.85. The van der Waals surface area contributed by atoms with Crippen LogP contribution in [0.15, 0.2) is 66.7 Å². The summed E-state index contributed by atoms with van der Waals surface area (Å²) in [5.41, 5.74) is 7.36. The van der Waals surface area contributed by atoms with Crippen molar-refractivity contribution < 1.29 is 14.2 Å². The van der Waals surface area contributed by atoms with E-state index in [1.54, 1.807) is 28.5 Å². The molecule has 5 rings (SSSR count). The summed E-state index contributed by atoms with van der Waals surface area (Å²) in [4.78, 5) is 13.1. The maximum atomic E-state index is 6.34. The smallest absolute Gasteiger partial charge is 0.225 e. The van der Waals surface area contributed by atoms with Crippen LogP contribution >= 0.6 is 11.3 Å². The largest absolute Gasteiger partial charge is 0.491 e. The molecule has 9 nitrogen and oxygen atoms in total. The number of hydrogen-bond acceptors (Lipinski definition) is 9. The van der Waals surface area contributed by atoms with Gasteiger partial charge < -0.3 is 19.9 Å². The lowest BCUT2D eigenvalue weighted by molar-refractivity contribution is -0.188. The fraction of sp³-hybridized carbons (Fsp3) is 0.238. The van der Waals surface area contributed by atoms with E-state index in [0.717, 1.165) is 21.9 Å². The molecule has 1 aliphatic heterocycles. The Labute approximate surface area is 182 Å². The zero-order valence-corrected chi connectivity index (χ0v) is 17.3. The normalized spacial score (nSPS) is 20.7. The predicted molar refractivity (Wildman–Crippen MR) is 114 cm³/mol. The van der Waals surface area contributed by atoms with Crippen LogP contribution in [0, 0.1) is 0 Å². The van der Waals surface area contributed by atoms with Gasteiger partial charge in [-0.25, -0.2) is 19.6 Å². The van der Waals surface area contributed by atoms with Crippen molar-refractivity contribution in [1.82, 2.24) is 24.7 Å². The molecule has 0 aliphatic carbocycles. The number of nitrogen functional groups attached to an aromatic ring is 1. The van der Waals surface area contributed by atoms with E-state index in [-0.39, 0.29) is 12.1 Å². The molecule has 1 saturated heterocycles. The second-order valence-corrected chi connectivity index (χ2v) is 7.96. The highest BCUT2D eigenvalue weighted by atomic mass is 32.1. The number of thiophene rings is 1. The number of aromatic nitrogens is 5. The first-order valence-electron chi connectivity index (χ1n) is 9.70. The van der Waals surface area contributed by atoms with Crippen LogP contribution in [-0.2, 0) is 21.8 Å². The van der Waals surface area contributed by atoms with Crippen molar-refractivity contribution >= 4 is 17.3 Å². The van der Waals surface area contributed by atoms with Crippen LogP contribution in [0.2, 0.25) is 0 Å². The first-order chi connectivity index (χ1) is 15.2. The molecule has 0 saturated carbocycles. The summed E-state index contributed by atoms with van der Waals surface area (Å²) in [6, 6.07) is 13.5. The summed E-state index contributed by atoms with van der Waals surface area (Å²) in [5.74, 6) is 0.0859. The van der Waals surface area contributed by atoms with Crippen LogP contribution in [0.3, 0.4) is 0 Å². The fourth-order valence-corrected chi connectivity index (χ4v) is 4.22. The topological polar surface area (TPSA) is 110 Å². The Morgan fingerprint density at radius 1 is 1.23 bits per heavy atom. The van der Waals surface area contributed by atoms with Gasteiger partial charge in [-0.05, 0) is 41.8 Å². The lowest BCUT2D eigenvalue weighted by Gasteiger charge is -2.26. The number of hydrogen-bond donors (Lipinski definition) is 1. The van der Waals surface area contributed by atoms with Gasteiger partial charge in [-0.2, -0.15) is 5.10 Å². The van der Waals surface area contributed by atoms with E-state index in [4.69, 9.17) is 19.9 Å². The minimum atomic E-state index is -0.896. The second kappa shape index (κ2) is 8.42. The molecule has 4 aromatic rings. The first kappa shape index (κ1) is 19.6. The van der Waals surface area contributed by atoms with Gasteiger partial charge >= 0.3 is 0 Å². The van der Waals surface area contributed by atoms with Crippen LogP contribution in [0.25, 0.3) is 11.3 Å². The Hall–Kier alpha value is -3.34. The maximum absolute atomic E-state index is 6.34. The molecule has 10 heteroatoms. The second-order valence-electron chi connectivity index (χ2n) is 7.01. The Kier molecular flexibility index (Phi) is 5.33. The lowest BCUT2D eigenvalue weighted by atomic mass is 10.1.